The van der Waals surface area contributed by atoms with Gasteiger partial charge in [0.05, 0.1) is 25.5 Å². The first-order chi connectivity index (χ1) is 16.5. The predicted molar refractivity (Wildman–Crippen MR) is 128 cm³/mol. The van der Waals surface area contributed by atoms with Crippen LogP contribution in [0.4, 0.5) is 0 Å². The van der Waals surface area contributed by atoms with Crippen LogP contribution >= 0.6 is 0 Å². The zero-order valence-electron chi connectivity index (χ0n) is 19.6. The molecule has 0 fully saturated rings. The number of benzene rings is 2. The molecule has 0 unspecified atom stereocenters. The van der Waals surface area contributed by atoms with Crippen LogP contribution < -0.4 is 15.4 Å². The van der Waals surface area contributed by atoms with Gasteiger partial charge in [0.15, 0.2) is 0 Å². The summed E-state index contributed by atoms with van der Waals surface area (Å²) in [5.41, 5.74) is 5.02. The van der Waals surface area contributed by atoms with Crippen molar-refractivity contribution in [1.82, 2.24) is 20.4 Å². The van der Waals surface area contributed by atoms with Gasteiger partial charge >= 0.3 is 0 Å². The van der Waals surface area contributed by atoms with Crippen molar-refractivity contribution in [3.63, 3.8) is 0 Å². The van der Waals surface area contributed by atoms with E-state index in [1.807, 2.05) is 54.9 Å². The standard InChI is InChI=1S/C26H30N4O4/c1-18-14-19(2)30(29-18)10-8-27-26(32)22-6-7-24-23(17-22)16-20-4-3-5-21(15-20)25(31)28-9-11-33-12-13-34-24/h3-7,14-15,17H,8-13,16H2,1-2H3,(H,27,32)(H,28,31). The molecule has 0 saturated carbocycles. The van der Waals surface area contributed by atoms with Gasteiger partial charge in [0.1, 0.15) is 12.4 Å². The Labute approximate surface area is 199 Å². The number of nitrogens with zero attached hydrogens (tertiary/aromatic N) is 2. The minimum Gasteiger partial charge on any atom is -0.491 e. The smallest absolute Gasteiger partial charge is 0.251 e. The highest BCUT2D eigenvalue weighted by Gasteiger charge is 2.14. The van der Waals surface area contributed by atoms with Crippen LogP contribution in [0.1, 0.15) is 43.2 Å². The van der Waals surface area contributed by atoms with Crippen LogP contribution in [0.15, 0.2) is 48.5 Å². The van der Waals surface area contributed by atoms with Crippen molar-refractivity contribution in [3.05, 3.63) is 82.2 Å². The molecule has 8 nitrogen and oxygen atoms in total. The molecule has 34 heavy (non-hydrogen) atoms. The second kappa shape index (κ2) is 11.0. The molecule has 1 aromatic heterocycles. The van der Waals surface area contributed by atoms with Gasteiger partial charge < -0.3 is 20.1 Å². The van der Waals surface area contributed by atoms with Crippen molar-refractivity contribution in [2.24, 2.45) is 0 Å². The minimum absolute atomic E-state index is 0.130. The fourth-order valence-electron chi connectivity index (χ4n) is 3.97. The lowest BCUT2D eigenvalue weighted by Gasteiger charge is -2.15. The Morgan fingerprint density at radius 2 is 2.00 bits per heavy atom. The molecule has 0 radical (unpaired) electrons. The van der Waals surface area contributed by atoms with Gasteiger partial charge in [-0.3, -0.25) is 14.3 Å². The van der Waals surface area contributed by atoms with Gasteiger partial charge in [-0.25, -0.2) is 0 Å². The lowest BCUT2D eigenvalue weighted by molar-refractivity contribution is 0.0865. The van der Waals surface area contributed by atoms with Gasteiger partial charge in [-0.2, -0.15) is 5.10 Å². The first-order valence-corrected chi connectivity index (χ1v) is 11.5. The van der Waals surface area contributed by atoms with E-state index >= 15 is 0 Å². The monoisotopic (exact) mass is 462 g/mol. The van der Waals surface area contributed by atoms with Crippen LogP contribution in [0.2, 0.25) is 0 Å². The average Bonchev–Trinajstić information content (AvgIpc) is 3.15. The Hall–Kier alpha value is -3.65. The third-order valence-electron chi connectivity index (χ3n) is 5.64. The number of carbonyl (C=O) groups is 2. The summed E-state index contributed by atoms with van der Waals surface area (Å²) in [5.74, 6) is 0.421. The van der Waals surface area contributed by atoms with Gasteiger partial charge in [0, 0.05) is 36.3 Å². The molecule has 0 spiro atoms. The van der Waals surface area contributed by atoms with Gasteiger partial charge in [0.25, 0.3) is 11.8 Å². The first kappa shape index (κ1) is 23.5. The number of hydrogen-bond donors (Lipinski definition) is 2. The lowest BCUT2D eigenvalue weighted by Crippen LogP contribution is -2.28. The van der Waals surface area contributed by atoms with Crippen LogP contribution in [0.5, 0.6) is 5.75 Å². The summed E-state index contributed by atoms with van der Waals surface area (Å²) in [6.07, 6.45) is 0.532. The van der Waals surface area contributed by atoms with E-state index in [0.717, 1.165) is 22.5 Å². The van der Waals surface area contributed by atoms with Gasteiger partial charge in [-0.05, 0) is 61.4 Å². The third kappa shape index (κ3) is 6.02. The van der Waals surface area contributed by atoms with Crippen LogP contribution in [0.3, 0.4) is 0 Å². The van der Waals surface area contributed by atoms with E-state index in [2.05, 4.69) is 15.7 Å². The number of amides is 2. The van der Waals surface area contributed by atoms with Crippen molar-refractivity contribution in [2.45, 2.75) is 26.8 Å². The number of nitrogens with one attached hydrogen (secondary N) is 2. The summed E-state index contributed by atoms with van der Waals surface area (Å²) in [4.78, 5) is 25.2. The summed E-state index contributed by atoms with van der Waals surface area (Å²) in [5, 5.41) is 10.3. The fraction of sp³-hybridized carbons (Fsp3) is 0.346. The Kier molecular flexibility index (Phi) is 7.59. The number of aromatic nitrogens is 2. The van der Waals surface area contributed by atoms with E-state index in [0.29, 0.717) is 62.8 Å². The predicted octanol–water partition coefficient (Wildman–Crippen LogP) is 2.66. The van der Waals surface area contributed by atoms with E-state index < -0.39 is 0 Å². The van der Waals surface area contributed by atoms with Gasteiger partial charge in [-0.1, -0.05) is 12.1 Å². The van der Waals surface area contributed by atoms with Crippen molar-refractivity contribution < 1.29 is 19.1 Å². The average molecular weight is 463 g/mol. The molecule has 178 valence electrons. The number of fused-ring (bicyclic) bond motifs is 3. The number of hydrogen-bond acceptors (Lipinski definition) is 5. The third-order valence-corrected chi connectivity index (χ3v) is 5.64. The van der Waals surface area contributed by atoms with Crippen LogP contribution in [0, 0.1) is 13.8 Å². The lowest BCUT2D eigenvalue weighted by atomic mass is 9.99. The summed E-state index contributed by atoms with van der Waals surface area (Å²) >= 11 is 0. The Morgan fingerprint density at radius 1 is 1.12 bits per heavy atom. The van der Waals surface area contributed by atoms with E-state index in [4.69, 9.17) is 9.47 Å². The molecule has 2 aromatic carbocycles. The number of rotatable bonds is 4. The summed E-state index contributed by atoms with van der Waals surface area (Å²) < 4.78 is 13.4. The molecule has 2 amide bonds. The normalized spacial score (nSPS) is 14.4. The quantitative estimate of drug-likeness (QED) is 0.622. The number of ether oxygens (including phenoxy) is 2. The molecule has 0 saturated heterocycles. The number of aryl methyl sites for hydroxylation is 2. The molecule has 3 aromatic rings. The maximum atomic E-state index is 12.8. The van der Waals surface area contributed by atoms with Crippen LogP contribution in [0.25, 0.3) is 0 Å². The largest absolute Gasteiger partial charge is 0.491 e. The fourth-order valence-corrected chi connectivity index (χ4v) is 3.97. The minimum atomic E-state index is -0.153. The summed E-state index contributed by atoms with van der Waals surface area (Å²) in [6, 6.07) is 15.0. The van der Waals surface area contributed by atoms with Crippen LogP contribution in [-0.4, -0.2) is 54.5 Å². The Morgan fingerprint density at radius 3 is 2.82 bits per heavy atom. The van der Waals surface area contributed by atoms with Gasteiger partial charge in [-0.15, -0.1) is 0 Å². The molecule has 4 rings (SSSR count). The highest BCUT2D eigenvalue weighted by atomic mass is 16.5. The second-order valence-electron chi connectivity index (χ2n) is 8.32. The molecule has 8 heteroatoms. The second-order valence-corrected chi connectivity index (χ2v) is 8.32. The zero-order chi connectivity index (χ0) is 23.9. The van der Waals surface area contributed by atoms with Crippen LogP contribution in [-0.2, 0) is 17.7 Å². The molecular formula is C26H30N4O4. The number of carbonyl (C=O) groups excluding carboxylic acids is 2. The van der Waals surface area contributed by atoms with Crippen molar-refractivity contribution >= 4 is 11.8 Å². The highest BCUT2D eigenvalue weighted by molar-refractivity contribution is 5.95. The highest BCUT2D eigenvalue weighted by Crippen LogP contribution is 2.24. The van der Waals surface area contributed by atoms with E-state index in [1.54, 1.807) is 12.1 Å². The first-order valence-electron chi connectivity index (χ1n) is 11.5. The SMILES string of the molecule is Cc1cc(C)n(CCNC(=O)c2ccc3c(c2)Cc2cccc(c2)C(=O)NCCOCCO3)n1. The molecule has 2 bridgehead atoms. The maximum absolute atomic E-state index is 12.8. The van der Waals surface area contributed by atoms with E-state index in [1.165, 1.54) is 0 Å². The van der Waals surface area contributed by atoms with Crippen molar-refractivity contribution in [3.8, 4) is 5.75 Å². The molecule has 0 aliphatic carbocycles. The summed E-state index contributed by atoms with van der Waals surface area (Å²) in [6.45, 7) is 6.68. The van der Waals surface area contributed by atoms with E-state index in [9.17, 15) is 9.59 Å². The topological polar surface area (TPSA) is 94.5 Å². The molecule has 1 aliphatic heterocycles. The molecule has 0 atom stereocenters. The molecular weight excluding hydrogens is 432 g/mol. The van der Waals surface area contributed by atoms with Crippen molar-refractivity contribution in [2.75, 3.05) is 32.9 Å². The molecule has 1 aliphatic rings. The van der Waals surface area contributed by atoms with Gasteiger partial charge in [0.2, 0.25) is 0 Å². The van der Waals surface area contributed by atoms with E-state index in [-0.39, 0.29) is 11.8 Å². The molecule has 2 heterocycles. The Bertz CT molecular complexity index is 1170. The Balaban J connectivity index is 1.51. The maximum Gasteiger partial charge on any atom is 0.251 e. The summed E-state index contributed by atoms with van der Waals surface area (Å²) in [7, 11) is 0. The molecule has 2 N–H and O–H groups in total. The zero-order valence-corrected chi connectivity index (χ0v) is 19.6. The van der Waals surface area contributed by atoms with Crippen molar-refractivity contribution in [1.29, 1.82) is 0 Å².